The summed E-state index contributed by atoms with van der Waals surface area (Å²) in [6, 6.07) is 9.90. The number of carbonyl (C=O) groups excluding carboxylic acids is 2. The first-order valence-electron chi connectivity index (χ1n) is 8.85. The van der Waals surface area contributed by atoms with Gasteiger partial charge in [-0.2, -0.15) is 0 Å². The van der Waals surface area contributed by atoms with Crippen LogP contribution >= 0.6 is 23.2 Å². The van der Waals surface area contributed by atoms with Crippen LogP contribution in [-0.2, 0) is 9.47 Å². The first kappa shape index (κ1) is 22.9. The molecule has 0 aliphatic heterocycles. The largest absolute Gasteiger partial charge is 0.454 e. The standard InChI is InChI=1S/C20H23Cl2N3O4/c1-19(2,3)29-18(27)25(17-23-14(21)11-15(22)24-17)12-20(4,5)28-16(26)13-9-7-6-8-10-13/h6-11H,12H2,1-5H3. The van der Waals surface area contributed by atoms with Crippen molar-refractivity contribution in [3.05, 3.63) is 52.3 Å². The van der Waals surface area contributed by atoms with Gasteiger partial charge in [0.1, 0.15) is 21.5 Å². The molecule has 0 radical (unpaired) electrons. The van der Waals surface area contributed by atoms with Gasteiger partial charge in [0.2, 0.25) is 5.95 Å². The number of carbonyl (C=O) groups is 2. The van der Waals surface area contributed by atoms with E-state index in [9.17, 15) is 9.59 Å². The van der Waals surface area contributed by atoms with Crippen LogP contribution in [-0.4, -0.2) is 39.8 Å². The number of esters is 1. The van der Waals surface area contributed by atoms with Crippen molar-refractivity contribution in [2.24, 2.45) is 0 Å². The topological polar surface area (TPSA) is 81.6 Å². The van der Waals surface area contributed by atoms with Gasteiger partial charge < -0.3 is 9.47 Å². The van der Waals surface area contributed by atoms with E-state index in [1.165, 1.54) is 6.07 Å². The molecule has 0 aliphatic carbocycles. The molecule has 2 rings (SSSR count). The molecule has 156 valence electrons. The number of anilines is 1. The van der Waals surface area contributed by atoms with Crippen molar-refractivity contribution >= 4 is 41.2 Å². The van der Waals surface area contributed by atoms with Crippen molar-refractivity contribution in [2.75, 3.05) is 11.4 Å². The minimum absolute atomic E-state index is 0.0550. The van der Waals surface area contributed by atoms with Crippen LogP contribution in [0.25, 0.3) is 0 Å². The lowest BCUT2D eigenvalue weighted by Gasteiger charge is -2.32. The molecule has 1 aromatic heterocycles. The highest BCUT2D eigenvalue weighted by Gasteiger charge is 2.34. The second-order valence-corrected chi connectivity index (χ2v) is 8.67. The SMILES string of the molecule is CC(C)(C)OC(=O)N(CC(C)(C)OC(=O)c1ccccc1)c1nc(Cl)cc(Cl)n1. The lowest BCUT2D eigenvalue weighted by molar-refractivity contribution is -0.0000980. The predicted octanol–water partition coefficient (Wildman–Crippen LogP) is 5.16. The van der Waals surface area contributed by atoms with Crippen molar-refractivity contribution in [3.63, 3.8) is 0 Å². The van der Waals surface area contributed by atoms with Crippen LogP contribution in [0.4, 0.5) is 10.7 Å². The van der Waals surface area contributed by atoms with E-state index in [2.05, 4.69) is 9.97 Å². The molecule has 0 bridgehead atoms. The van der Waals surface area contributed by atoms with Crippen molar-refractivity contribution in [3.8, 4) is 0 Å². The van der Waals surface area contributed by atoms with Crippen LogP contribution < -0.4 is 4.90 Å². The lowest BCUT2D eigenvalue weighted by atomic mass is 10.1. The molecule has 1 aromatic carbocycles. The summed E-state index contributed by atoms with van der Waals surface area (Å²) in [5, 5.41) is 0.125. The minimum Gasteiger partial charge on any atom is -0.454 e. The van der Waals surface area contributed by atoms with E-state index in [-0.39, 0.29) is 22.8 Å². The van der Waals surface area contributed by atoms with Crippen LogP contribution in [0.15, 0.2) is 36.4 Å². The van der Waals surface area contributed by atoms with E-state index >= 15 is 0 Å². The molecule has 0 unspecified atom stereocenters. The summed E-state index contributed by atoms with van der Waals surface area (Å²) in [5.41, 5.74) is -1.46. The highest BCUT2D eigenvalue weighted by Crippen LogP contribution is 2.23. The number of ether oxygens (including phenoxy) is 2. The number of halogens is 2. The molecule has 7 nitrogen and oxygen atoms in total. The zero-order valence-corrected chi connectivity index (χ0v) is 18.4. The van der Waals surface area contributed by atoms with Gasteiger partial charge in [-0.1, -0.05) is 41.4 Å². The minimum atomic E-state index is -1.10. The van der Waals surface area contributed by atoms with Gasteiger partial charge in [0.25, 0.3) is 0 Å². The first-order chi connectivity index (χ1) is 13.4. The van der Waals surface area contributed by atoms with Gasteiger partial charge in [-0.25, -0.2) is 24.5 Å². The lowest BCUT2D eigenvalue weighted by Crippen LogP contribution is -2.47. The summed E-state index contributed by atoms with van der Waals surface area (Å²) in [7, 11) is 0. The van der Waals surface area contributed by atoms with E-state index in [0.717, 1.165) is 4.90 Å². The van der Waals surface area contributed by atoms with Crippen molar-refractivity contribution < 1.29 is 19.1 Å². The van der Waals surface area contributed by atoms with E-state index in [1.54, 1.807) is 65.0 Å². The maximum atomic E-state index is 12.8. The van der Waals surface area contributed by atoms with Gasteiger partial charge in [-0.05, 0) is 46.8 Å². The molecule has 2 aromatic rings. The molecule has 9 heteroatoms. The molecule has 0 N–H and O–H groups in total. The zero-order valence-electron chi connectivity index (χ0n) is 16.9. The molecule has 1 amide bonds. The zero-order chi connectivity index (χ0) is 21.8. The fourth-order valence-corrected chi connectivity index (χ4v) is 2.74. The normalized spacial score (nSPS) is 11.7. The highest BCUT2D eigenvalue weighted by atomic mass is 35.5. The number of benzene rings is 1. The first-order valence-corrected chi connectivity index (χ1v) is 9.61. The average Bonchev–Trinajstić information content (AvgIpc) is 2.57. The van der Waals surface area contributed by atoms with Gasteiger partial charge in [0.15, 0.2) is 0 Å². The Hall–Kier alpha value is -2.38. The smallest absolute Gasteiger partial charge is 0.417 e. The Balaban J connectivity index is 2.30. The summed E-state index contributed by atoms with van der Waals surface area (Å²) in [6.45, 7) is 8.44. The summed E-state index contributed by atoms with van der Waals surface area (Å²) < 4.78 is 11.1. The maximum absolute atomic E-state index is 12.8. The Kier molecular flexibility index (Phi) is 7.08. The highest BCUT2D eigenvalue weighted by molar-refractivity contribution is 6.33. The molecule has 0 saturated carbocycles. The Bertz CT molecular complexity index is 863. The molecular weight excluding hydrogens is 417 g/mol. The van der Waals surface area contributed by atoms with Crippen LogP contribution in [0.5, 0.6) is 0 Å². The average molecular weight is 440 g/mol. The van der Waals surface area contributed by atoms with Crippen LogP contribution in [0.2, 0.25) is 10.3 Å². The molecule has 1 heterocycles. The van der Waals surface area contributed by atoms with E-state index in [1.807, 2.05) is 0 Å². The second-order valence-electron chi connectivity index (χ2n) is 7.90. The predicted molar refractivity (Wildman–Crippen MR) is 112 cm³/mol. The summed E-state index contributed by atoms with van der Waals surface area (Å²) in [4.78, 5) is 34.5. The van der Waals surface area contributed by atoms with Crippen LogP contribution in [0.3, 0.4) is 0 Å². The van der Waals surface area contributed by atoms with E-state index < -0.39 is 23.3 Å². The fourth-order valence-electron chi connectivity index (χ4n) is 2.33. The van der Waals surface area contributed by atoms with Gasteiger partial charge in [-0.3, -0.25) is 0 Å². The van der Waals surface area contributed by atoms with Gasteiger partial charge in [-0.15, -0.1) is 0 Å². The Morgan fingerprint density at radius 1 is 0.966 bits per heavy atom. The third kappa shape index (κ3) is 7.18. The number of aromatic nitrogens is 2. The molecular formula is C20H23Cl2N3O4. The van der Waals surface area contributed by atoms with Crippen molar-refractivity contribution in [1.82, 2.24) is 9.97 Å². The number of nitrogens with zero attached hydrogens (tertiary/aromatic N) is 3. The Morgan fingerprint density at radius 2 is 1.52 bits per heavy atom. The van der Waals surface area contributed by atoms with E-state index in [4.69, 9.17) is 32.7 Å². The van der Waals surface area contributed by atoms with Crippen LogP contribution in [0.1, 0.15) is 45.0 Å². The Labute approximate surface area is 179 Å². The van der Waals surface area contributed by atoms with Gasteiger partial charge in [0.05, 0.1) is 12.1 Å². The summed E-state index contributed by atoms with van der Waals surface area (Å²) >= 11 is 11.9. The number of hydrogen-bond donors (Lipinski definition) is 0. The van der Waals surface area contributed by atoms with Gasteiger partial charge >= 0.3 is 12.1 Å². The van der Waals surface area contributed by atoms with Crippen molar-refractivity contribution in [1.29, 1.82) is 0 Å². The fraction of sp³-hybridized carbons (Fsp3) is 0.400. The quantitative estimate of drug-likeness (QED) is 0.472. The number of hydrogen-bond acceptors (Lipinski definition) is 6. The third-order valence-corrected chi connectivity index (χ3v) is 3.81. The summed E-state index contributed by atoms with van der Waals surface area (Å²) in [6.07, 6.45) is -0.723. The molecule has 0 atom stereocenters. The number of amides is 1. The van der Waals surface area contributed by atoms with E-state index in [0.29, 0.717) is 5.56 Å². The maximum Gasteiger partial charge on any atom is 0.417 e. The molecule has 0 spiro atoms. The summed E-state index contributed by atoms with van der Waals surface area (Å²) in [5.74, 6) is -0.578. The van der Waals surface area contributed by atoms with Crippen LogP contribution in [0, 0.1) is 0 Å². The molecule has 0 fully saturated rings. The molecule has 0 saturated heterocycles. The Morgan fingerprint density at radius 3 is 2.03 bits per heavy atom. The monoisotopic (exact) mass is 439 g/mol. The number of rotatable bonds is 5. The molecule has 29 heavy (non-hydrogen) atoms. The van der Waals surface area contributed by atoms with Crippen molar-refractivity contribution in [2.45, 2.75) is 45.8 Å². The molecule has 0 aliphatic rings. The third-order valence-electron chi connectivity index (χ3n) is 3.42. The van der Waals surface area contributed by atoms with Gasteiger partial charge in [0, 0.05) is 6.07 Å². The second kappa shape index (κ2) is 8.97.